The number of anilines is 1. The lowest BCUT2D eigenvalue weighted by molar-refractivity contribution is -0.118. The topological polar surface area (TPSA) is 87.9 Å². The zero-order chi connectivity index (χ0) is 21.8. The number of para-hydroxylation sites is 1. The lowest BCUT2D eigenvalue weighted by atomic mass is 9.68. The molecule has 6 nitrogen and oxygen atoms in total. The van der Waals surface area contributed by atoms with Gasteiger partial charge in [0.25, 0.3) is 0 Å². The third-order valence-corrected chi connectivity index (χ3v) is 6.38. The van der Waals surface area contributed by atoms with Crippen LogP contribution in [0, 0.1) is 23.7 Å². The second-order valence-electron chi connectivity index (χ2n) is 8.74. The highest BCUT2D eigenvalue weighted by Crippen LogP contribution is 2.51. The van der Waals surface area contributed by atoms with E-state index >= 15 is 0 Å². The van der Waals surface area contributed by atoms with Gasteiger partial charge in [-0.1, -0.05) is 37.6 Å². The highest BCUT2D eigenvalue weighted by Gasteiger charge is 2.45. The smallest absolute Gasteiger partial charge is 0.162 e. The van der Waals surface area contributed by atoms with E-state index in [1.165, 1.54) is 0 Å². The van der Waals surface area contributed by atoms with E-state index < -0.39 is 5.92 Å². The molecule has 2 aromatic rings. The van der Waals surface area contributed by atoms with Crippen LogP contribution in [0.5, 0.6) is 0 Å². The van der Waals surface area contributed by atoms with E-state index in [1.54, 1.807) is 21.8 Å². The SMILES string of the molecule is Cc1c([C@@H]2C(C#N)=C(N)N(c3ccccc3Cl)C3=C2C(=O)CC(C)(C)C3)cnn1C. The average molecular weight is 422 g/mol. The summed E-state index contributed by atoms with van der Waals surface area (Å²) >= 11 is 6.51. The van der Waals surface area contributed by atoms with E-state index in [2.05, 4.69) is 25.0 Å². The van der Waals surface area contributed by atoms with Crippen LogP contribution in [0.3, 0.4) is 0 Å². The number of allylic oxidation sites excluding steroid dienone is 3. The average Bonchev–Trinajstić information content (AvgIpc) is 2.99. The summed E-state index contributed by atoms with van der Waals surface area (Å²) in [6, 6.07) is 9.63. The van der Waals surface area contributed by atoms with Crippen molar-refractivity contribution >= 4 is 23.1 Å². The van der Waals surface area contributed by atoms with Gasteiger partial charge < -0.3 is 5.73 Å². The molecule has 0 fully saturated rings. The van der Waals surface area contributed by atoms with Gasteiger partial charge in [-0.25, -0.2) is 0 Å². The van der Waals surface area contributed by atoms with Gasteiger partial charge >= 0.3 is 0 Å². The molecule has 4 rings (SSSR count). The Morgan fingerprint density at radius 2 is 2.00 bits per heavy atom. The first kappa shape index (κ1) is 20.2. The van der Waals surface area contributed by atoms with E-state index in [0.29, 0.717) is 40.5 Å². The molecule has 2 aliphatic rings. The van der Waals surface area contributed by atoms with Gasteiger partial charge in [-0.3, -0.25) is 14.4 Å². The predicted octanol–water partition coefficient (Wildman–Crippen LogP) is 4.32. The molecule has 2 heterocycles. The lowest BCUT2D eigenvalue weighted by Crippen LogP contribution is -2.42. The molecule has 1 aliphatic carbocycles. The molecule has 0 radical (unpaired) electrons. The molecule has 1 aromatic heterocycles. The molecular weight excluding hydrogens is 398 g/mol. The maximum absolute atomic E-state index is 13.5. The highest BCUT2D eigenvalue weighted by atomic mass is 35.5. The fourth-order valence-electron chi connectivity index (χ4n) is 4.53. The van der Waals surface area contributed by atoms with Crippen molar-refractivity contribution in [3.05, 3.63) is 69.4 Å². The highest BCUT2D eigenvalue weighted by molar-refractivity contribution is 6.33. The van der Waals surface area contributed by atoms with E-state index in [1.807, 2.05) is 32.2 Å². The zero-order valence-electron chi connectivity index (χ0n) is 17.5. The lowest BCUT2D eigenvalue weighted by Gasteiger charge is -2.43. The van der Waals surface area contributed by atoms with Gasteiger partial charge in [-0.15, -0.1) is 0 Å². The van der Waals surface area contributed by atoms with Crippen LogP contribution in [0.15, 0.2) is 53.1 Å². The summed E-state index contributed by atoms with van der Waals surface area (Å²) in [5, 5.41) is 14.9. The van der Waals surface area contributed by atoms with Crippen molar-refractivity contribution < 1.29 is 4.79 Å². The minimum atomic E-state index is -0.527. The summed E-state index contributed by atoms with van der Waals surface area (Å²) < 4.78 is 1.75. The number of nitriles is 1. The zero-order valence-corrected chi connectivity index (χ0v) is 18.3. The summed E-state index contributed by atoms with van der Waals surface area (Å²) in [6.07, 6.45) is 2.79. The first-order valence-corrected chi connectivity index (χ1v) is 10.2. The normalized spacial score (nSPS) is 21.0. The number of aromatic nitrogens is 2. The number of hydrogen-bond acceptors (Lipinski definition) is 5. The maximum atomic E-state index is 13.5. The number of halogens is 1. The van der Waals surface area contributed by atoms with Gasteiger partial charge in [0.15, 0.2) is 5.78 Å². The van der Waals surface area contributed by atoms with Gasteiger partial charge in [-0.2, -0.15) is 10.4 Å². The van der Waals surface area contributed by atoms with Gasteiger partial charge in [0, 0.05) is 36.0 Å². The van der Waals surface area contributed by atoms with E-state index in [-0.39, 0.29) is 11.2 Å². The minimum Gasteiger partial charge on any atom is -0.384 e. The number of ketones is 1. The number of hydrogen-bond donors (Lipinski definition) is 1. The number of carbonyl (C=O) groups is 1. The largest absolute Gasteiger partial charge is 0.384 e. The van der Waals surface area contributed by atoms with Crippen molar-refractivity contribution in [1.82, 2.24) is 9.78 Å². The van der Waals surface area contributed by atoms with Crippen molar-refractivity contribution in [2.24, 2.45) is 18.2 Å². The second-order valence-corrected chi connectivity index (χ2v) is 9.15. The number of carbonyl (C=O) groups excluding carboxylic acids is 1. The fourth-order valence-corrected chi connectivity index (χ4v) is 4.75. The summed E-state index contributed by atoms with van der Waals surface area (Å²) in [4.78, 5) is 15.3. The Morgan fingerprint density at radius 1 is 1.30 bits per heavy atom. The molecule has 30 heavy (non-hydrogen) atoms. The van der Waals surface area contributed by atoms with E-state index in [9.17, 15) is 10.1 Å². The van der Waals surface area contributed by atoms with Gasteiger partial charge in [0.05, 0.1) is 34.5 Å². The first-order chi connectivity index (χ1) is 14.2. The summed E-state index contributed by atoms with van der Waals surface area (Å²) in [5.74, 6) is -0.184. The number of aryl methyl sites for hydroxylation is 1. The Balaban J connectivity index is 2.04. The van der Waals surface area contributed by atoms with Crippen molar-refractivity contribution in [1.29, 1.82) is 5.26 Å². The molecular formula is C23H24ClN5O. The van der Waals surface area contributed by atoms with Crippen LogP contribution >= 0.6 is 11.6 Å². The van der Waals surface area contributed by atoms with Crippen LogP contribution in [0.2, 0.25) is 5.02 Å². The van der Waals surface area contributed by atoms with Crippen LogP contribution in [0.1, 0.15) is 43.9 Å². The molecule has 0 spiro atoms. The Labute approximate surface area is 181 Å². The van der Waals surface area contributed by atoms with Gasteiger partial charge in [0.1, 0.15) is 5.82 Å². The molecule has 0 bridgehead atoms. The molecule has 0 saturated carbocycles. The molecule has 1 aliphatic heterocycles. The summed E-state index contributed by atoms with van der Waals surface area (Å²) in [5.41, 5.74) is 10.6. The molecule has 2 N–H and O–H groups in total. The fraction of sp³-hybridized carbons (Fsp3) is 0.348. The van der Waals surface area contributed by atoms with E-state index in [0.717, 1.165) is 17.0 Å². The molecule has 0 unspecified atom stereocenters. The first-order valence-electron chi connectivity index (χ1n) is 9.85. The quantitative estimate of drug-likeness (QED) is 0.779. The predicted molar refractivity (Wildman–Crippen MR) is 116 cm³/mol. The number of nitrogens with two attached hydrogens (primary N) is 1. The van der Waals surface area contributed by atoms with Gasteiger partial charge in [0.2, 0.25) is 0 Å². The number of nitrogens with zero attached hydrogens (tertiary/aromatic N) is 4. The number of benzene rings is 1. The van der Waals surface area contributed by atoms with Crippen LogP contribution < -0.4 is 10.6 Å². The van der Waals surface area contributed by atoms with Crippen LogP contribution in [-0.2, 0) is 11.8 Å². The number of Topliss-reactive ketones (excluding diaryl/α,β-unsaturated/α-hetero) is 1. The molecule has 0 saturated heterocycles. The molecule has 1 atom stereocenters. The number of rotatable bonds is 2. The molecule has 1 aromatic carbocycles. The van der Waals surface area contributed by atoms with Crippen molar-refractivity contribution in [3.63, 3.8) is 0 Å². The Kier molecular flexibility index (Phi) is 4.74. The van der Waals surface area contributed by atoms with Crippen molar-refractivity contribution in [2.75, 3.05) is 4.90 Å². The van der Waals surface area contributed by atoms with E-state index in [4.69, 9.17) is 17.3 Å². The Morgan fingerprint density at radius 3 is 2.60 bits per heavy atom. The third kappa shape index (κ3) is 3.01. The standard InChI is InChI=1S/C23H24ClN5O/c1-13-15(12-27-28(13)4)20-14(11-25)22(26)29(17-8-6-5-7-16(17)24)18-9-23(2,3)10-19(30)21(18)20/h5-8,12,20H,9-10,26H2,1-4H3/t20-/m0/s1. The van der Waals surface area contributed by atoms with Crippen LogP contribution in [0.25, 0.3) is 0 Å². The third-order valence-electron chi connectivity index (χ3n) is 6.06. The maximum Gasteiger partial charge on any atom is 0.162 e. The monoisotopic (exact) mass is 421 g/mol. The van der Waals surface area contributed by atoms with Crippen LogP contribution in [0.4, 0.5) is 5.69 Å². The van der Waals surface area contributed by atoms with Crippen molar-refractivity contribution in [3.8, 4) is 6.07 Å². The molecule has 0 amide bonds. The Bertz CT molecular complexity index is 1160. The summed E-state index contributed by atoms with van der Waals surface area (Å²) in [7, 11) is 1.85. The van der Waals surface area contributed by atoms with Crippen LogP contribution in [-0.4, -0.2) is 15.6 Å². The minimum absolute atomic E-state index is 0.0341. The van der Waals surface area contributed by atoms with Gasteiger partial charge in [-0.05, 0) is 30.9 Å². The molecule has 7 heteroatoms. The molecule has 154 valence electrons. The Hall–Kier alpha value is -3.04. The second kappa shape index (κ2) is 7.03. The van der Waals surface area contributed by atoms with Crippen molar-refractivity contribution in [2.45, 2.75) is 39.5 Å². The summed E-state index contributed by atoms with van der Waals surface area (Å²) in [6.45, 7) is 6.08.